The molecule has 0 aliphatic carbocycles. The van der Waals surface area contributed by atoms with Gasteiger partial charge in [0.15, 0.2) is 11.5 Å². The van der Waals surface area contributed by atoms with E-state index in [0.29, 0.717) is 43.4 Å². The Hall–Kier alpha value is -4.00. The zero-order chi connectivity index (χ0) is 25.0. The first-order valence-corrected chi connectivity index (χ1v) is 11.7. The predicted octanol–water partition coefficient (Wildman–Crippen LogP) is 5.08. The lowest BCUT2D eigenvalue weighted by Crippen LogP contribution is -2.41. The van der Waals surface area contributed by atoms with Crippen LogP contribution in [-0.4, -0.2) is 37.0 Å². The van der Waals surface area contributed by atoms with Gasteiger partial charge in [-0.25, -0.2) is 4.79 Å². The second kappa shape index (κ2) is 13.0. The Morgan fingerprint density at radius 1 is 0.886 bits per heavy atom. The van der Waals surface area contributed by atoms with Crippen molar-refractivity contribution in [3.05, 3.63) is 90.0 Å². The van der Waals surface area contributed by atoms with Crippen LogP contribution in [0.1, 0.15) is 25.0 Å². The topological polar surface area (TPSA) is 79.9 Å². The minimum atomic E-state index is -0.310. The Labute approximate surface area is 207 Å². The summed E-state index contributed by atoms with van der Waals surface area (Å²) in [6.07, 6.45) is 0. The van der Waals surface area contributed by atoms with Crippen molar-refractivity contribution < 1.29 is 19.1 Å². The number of para-hydroxylation sites is 1. The lowest BCUT2D eigenvalue weighted by Gasteiger charge is -2.25. The minimum absolute atomic E-state index is 0.0126. The maximum atomic E-state index is 12.8. The largest absolute Gasteiger partial charge is 0.493 e. The van der Waals surface area contributed by atoms with Gasteiger partial charge < -0.3 is 25.0 Å². The third-order valence-corrected chi connectivity index (χ3v) is 5.34. The summed E-state index contributed by atoms with van der Waals surface area (Å²) in [6, 6.07) is 24.5. The molecule has 0 saturated heterocycles. The van der Waals surface area contributed by atoms with Gasteiger partial charge in [-0.05, 0) is 35.4 Å². The van der Waals surface area contributed by atoms with Gasteiger partial charge in [0.2, 0.25) is 5.91 Å². The van der Waals surface area contributed by atoms with E-state index in [1.807, 2.05) is 92.7 Å². The normalized spacial score (nSPS) is 10.5. The molecule has 0 heterocycles. The van der Waals surface area contributed by atoms with Crippen LogP contribution in [0.3, 0.4) is 0 Å². The van der Waals surface area contributed by atoms with Gasteiger partial charge in [-0.15, -0.1) is 0 Å². The van der Waals surface area contributed by atoms with Gasteiger partial charge in [0.25, 0.3) is 0 Å². The van der Waals surface area contributed by atoms with Crippen molar-refractivity contribution in [3.63, 3.8) is 0 Å². The number of ether oxygens (including phenoxy) is 2. The van der Waals surface area contributed by atoms with Crippen molar-refractivity contribution >= 4 is 17.6 Å². The average molecular weight is 476 g/mol. The maximum Gasteiger partial charge on any atom is 0.319 e. The summed E-state index contributed by atoms with van der Waals surface area (Å²) in [5.41, 5.74) is 2.69. The Kier molecular flexibility index (Phi) is 9.54. The van der Waals surface area contributed by atoms with Crippen molar-refractivity contribution in [3.8, 4) is 11.5 Å². The van der Waals surface area contributed by atoms with E-state index in [0.717, 1.165) is 11.1 Å². The first-order chi connectivity index (χ1) is 17.0. The highest BCUT2D eigenvalue weighted by atomic mass is 16.5. The van der Waals surface area contributed by atoms with Gasteiger partial charge in [-0.2, -0.15) is 0 Å². The highest BCUT2D eigenvalue weighted by Crippen LogP contribution is 2.29. The first-order valence-electron chi connectivity index (χ1n) is 11.7. The molecule has 0 aliphatic heterocycles. The molecule has 184 valence electrons. The summed E-state index contributed by atoms with van der Waals surface area (Å²) in [6.45, 7) is 5.28. The van der Waals surface area contributed by atoms with Crippen LogP contribution in [0.25, 0.3) is 0 Å². The van der Waals surface area contributed by atoms with E-state index in [1.165, 1.54) is 0 Å². The number of amides is 3. The highest BCUT2D eigenvalue weighted by molar-refractivity contribution is 5.89. The molecule has 0 fully saturated rings. The molecule has 3 aromatic carbocycles. The maximum absolute atomic E-state index is 12.8. The molecule has 0 saturated carbocycles. The number of rotatable bonds is 11. The molecule has 0 unspecified atom stereocenters. The molecule has 0 spiro atoms. The van der Waals surface area contributed by atoms with Crippen LogP contribution in [0.2, 0.25) is 0 Å². The molecule has 0 radical (unpaired) electrons. The molecule has 35 heavy (non-hydrogen) atoms. The molecule has 3 amide bonds. The molecule has 0 aliphatic rings. The zero-order valence-electron chi connectivity index (χ0n) is 20.5. The Morgan fingerprint density at radius 2 is 1.57 bits per heavy atom. The number of urea groups is 1. The third-order valence-electron chi connectivity index (χ3n) is 5.34. The number of anilines is 1. The summed E-state index contributed by atoms with van der Waals surface area (Å²) in [7, 11) is 1.60. The minimum Gasteiger partial charge on any atom is -0.493 e. The van der Waals surface area contributed by atoms with Gasteiger partial charge in [0.05, 0.1) is 7.11 Å². The van der Waals surface area contributed by atoms with E-state index in [4.69, 9.17) is 9.47 Å². The van der Waals surface area contributed by atoms with Gasteiger partial charge >= 0.3 is 6.03 Å². The van der Waals surface area contributed by atoms with E-state index in [-0.39, 0.29) is 17.9 Å². The fraction of sp³-hybridized carbons (Fsp3) is 0.286. The lowest BCUT2D eigenvalue weighted by molar-refractivity contribution is -0.135. The summed E-state index contributed by atoms with van der Waals surface area (Å²) in [5, 5.41) is 5.59. The first kappa shape index (κ1) is 25.6. The number of methoxy groups -OCH3 is 1. The molecular formula is C28H33N3O4. The van der Waals surface area contributed by atoms with E-state index in [9.17, 15) is 9.59 Å². The van der Waals surface area contributed by atoms with Crippen LogP contribution >= 0.6 is 0 Å². The van der Waals surface area contributed by atoms with Crippen molar-refractivity contribution in [2.45, 2.75) is 27.0 Å². The Bertz CT molecular complexity index is 1090. The van der Waals surface area contributed by atoms with Crippen molar-refractivity contribution in [1.29, 1.82) is 0 Å². The zero-order valence-corrected chi connectivity index (χ0v) is 20.5. The quantitative estimate of drug-likeness (QED) is 0.405. The van der Waals surface area contributed by atoms with Crippen LogP contribution in [0.4, 0.5) is 10.5 Å². The van der Waals surface area contributed by atoms with Crippen molar-refractivity contribution in [1.82, 2.24) is 10.2 Å². The second-order valence-corrected chi connectivity index (χ2v) is 8.42. The van der Waals surface area contributed by atoms with Gasteiger partial charge in [-0.3, -0.25) is 4.79 Å². The molecule has 7 nitrogen and oxygen atoms in total. The van der Waals surface area contributed by atoms with Crippen LogP contribution in [0, 0.1) is 5.92 Å². The monoisotopic (exact) mass is 475 g/mol. The molecule has 0 atom stereocenters. The SMILES string of the molecule is COc1cc(CN(CCNC(=O)Nc2ccccc2)C(=O)C(C)C)ccc1OCc1ccccc1. The fourth-order valence-electron chi connectivity index (χ4n) is 3.52. The Balaban J connectivity index is 1.60. The van der Waals surface area contributed by atoms with Gasteiger partial charge in [0.1, 0.15) is 6.61 Å². The van der Waals surface area contributed by atoms with E-state index in [1.54, 1.807) is 12.0 Å². The van der Waals surface area contributed by atoms with Crippen LogP contribution < -0.4 is 20.1 Å². The van der Waals surface area contributed by atoms with Crippen molar-refractivity contribution in [2.75, 3.05) is 25.5 Å². The summed E-state index contributed by atoms with van der Waals surface area (Å²) in [4.78, 5) is 26.8. The molecule has 0 aromatic heterocycles. The Morgan fingerprint density at radius 3 is 2.23 bits per heavy atom. The number of hydrogen-bond donors (Lipinski definition) is 2. The molecule has 2 N–H and O–H groups in total. The molecular weight excluding hydrogens is 442 g/mol. The van der Waals surface area contributed by atoms with Crippen LogP contribution in [0.15, 0.2) is 78.9 Å². The third kappa shape index (κ3) is 8.07. The van der Waals surface area contributed by atoms with Crippen LogP contribution in [-0.2, 0) is 17.9 Å². The number of carbonyl (C=O) groups excluding carboxylic acids is 2. The van der Waals surface area contributed by atoms with Crippen molar-refractivity contribution in [2.24, 2.45) is 5.92 Å². The summed E-state index contributed by atoms with van der Waals surface area (Å²) >= 11 is 0. The average Bonchev–Trinajstić information content (AvgIpc) is 2.87. The van der Waals surface area contributed by atoms with Gasteiger partial charge in [0, 0.05) is 31.2 Å². The van der Waals surface area contributed by atoms with E-state index in [2.05, 4.69) is 10.6 Å². The number of carbonyl (C=O) groups is 2. The molecule has 3 aromatic rings. The second-order valence-electron chi connectivity index (χ2n) is 8.42. The molecule has 3 rings (SSSR count). The number of benzene rings is 3. The number of nitrogens with one attached hydrogen (secondary N) is 2. The predicted molar refractivity (Wildman–Crippen MR) is 137 cm³/mol. The summed E-state index contributed by atoms with van der Waals surface area (Å²) in [5.74, 6) is 1.10. The fourth-order valence-corrected chi connectivity index (χ4v) is 3.52. The number of nitrogens with zero attached hydrogens (tertiary/aromatic N) is 1. The van der Waals surface area contributed by atoms with E-state index < -0.39 is 0 Å². The standard InChI is InChI=1S/C28H33N3O4/c1-21(2)27(32)31(17-16-29-28(33)30-24-12-8-5-9-13-24)19-23-14-15-25(26(18-23)34-3)35-20-22-10-6-4-7-11-22/h4-15,18,21H,16-17,19-20H2,1-3H3,(H2,29,30,33). The summed E-state index contributed by atoms with van der Waals surface area (Å²) < 4.78 is 11.5. The molecule has 0 bridgehead atoms. The highest BCUT2D eigenvalue weighted by Gasteiger charge is 2.18. The van der Waals surface area contributed by atoms with Crippen LogP contribution in [0.5, 0.6) is 11.5 Å². The van der Waals surface area contributed by atoms with E-state index >= 15 is 0 Å². The number of hydrogen-bond acceptors (Lipinski definition) is 4. The van der Waals surface area contributed by atoms with Gasteiger partial charge in [-0.1, -0.05) is 68.4 Å². The smallest absolute Gasteiger partial charge is 0.319 e. The lowest BCUT2D eigenvalue weighted by atomic mass is 10.1. The molecule has 7 heteroatoms.